The van der Waals surface area contributed by atoms with E-state index in [-0.39, 0.29) is 24.1 Å². The molecule has 0 unspecified atom stereocenters. The molecule has 0 spiro atoms. The minimum Gasteiger partial charge on any atom is -0.459 e. The van der Waals surface area contributed by atoms with Gasteiger partial charge < -0.3 is 19.0 Å². The SMILES string of the molecule is COCCC1CCN(C(=O)CN(C)C(=O)c2ccco2)CC1. The van der Waals surface area contributed by atoms with Crippen molar-refractivity contribution in [1.29, 1.82) is 0 Å². The van der Waals surface area contributed by atoms with Crippen LogP contribution in [0.15, 0.2) is 22.8 Å². The Morgan fingerprint density at radius 2 is 2.14 bits per heavy atom. The van der Waals surface area contributed by atoms with Crippen LogP contribution in [-0.4, -0.2) is 62.0 Å². The van der Waals surface area contributed by atoms with Crippen molar-refractivity contribution in [2.75, 3.05) is 40.4 Å². The van der Waals surface area contributed by atoms with Crippen LogP contribution >= 0.6 is 0 Å². The first-order chi connectivity index (χ1) is 10.6. The number of hydrogen-bond acceptors (Lipinski definition) is 4. The van der Waals surface area contributed by atoms with E-state index in [1.54, 1.807) is 26.3 Å². The van der Waals surface area contributed by atoms with Gasteiger partial charge in [-0.15, -0.1) is 0 Å². The number of carbonyl (C=O) groups is 2. The third-order valence-electron chi connectivity index (χ3n) is 4.15. The second-order valence-electron chi connectivity index (χ2n) is 5.74. The summed E-state index contributed by atoms with van der Waals surface area (Å²) in [6, 6.07) is 3.26. The van der Waals surface area contributed by atoms with Gasteiger partial charge in [0.2, 0.25) is 5.91 Å². The molecule has 6 nitrogen and oxygen atoms in total. The molecule has 0 aromatic carbocycles. The Hall–Kier alpha value is -1.82. The van der Waals surface area contributed by atoms with E-state index in [4.69, 9.17) is 9.15 Å². The fourth-order valence-corrected chi connectivity index (χ4v) is 2.72. The van der Waals surface area contributed by atoms with Gasteiger partial charge >= 0.3 is 0 Å². The molecule has 1 aromatic rings. The topological polar surface area (TPSA) is 63.0 Å². The van der Waals surface area contributed by atoms with Gasteiger partial charge in [-0.1, -0.05) is 0 Å². The van der Waals surface area contributed by atoms with Crippen LogP contribution in [0.1, 0.15) is 29.8 Å². The Kier molecular flexibility index (Phi) is 6.00. The van der Waals surface area contributed by atoms with Crippen molar-refractivity contribution < 1.29 is 18.7 Å². The number of furan rings is 1. The molecule has 0 aliphatic carbocycles. The van der Waals surface area contributed by atoms with Crippen molar-refractivity contribution in [3.8, 4) is 0 Å². The summed E-state index contributed by atoms with van der Waals surface area (Å²) < 4.78 is 10.2. The zero-order valence-electron chi connectivity index (χ0n) is 13.3. The van der Waals surface area contributed by atoms with Crippen LogP contribution in [0.4, 0.5) is 0 Å². The first-order valence-electron chi connectivity index (χ1n) is 7.67. The average molecular weight is 308 g/mol. The lowest BCUT2D eigenvalue weighted by atomic mass is 9.94. The number of amides is 2. The second-order valence-corrected chi connectivity index (χ2v) is 5.74. The molecule has 6 heteroatoms. The summed E-state index contributed by atoms with van der Waals surface area (Å²) in [5.41, 5.74) is 0. The zero-order valence-corrected chi connectivity index (χ0v) is 13.3. The van der Waals surface area contributed by atoms with E-state index in [9.17, 15) is 9.59 Å². The highest BCUT2D eigenvalue weighted by atomic mass is 16.5. The lowest BCUT2D eigenvalue weighted by Gasteiger charge is -2.33. The average Bonchev–Trinajstić information content (AvgIpc) is 3.06. The number of likely N-dealkylation sites (N-methyl/N-ethyl adjacent to an activating group) is 1. The number of likely N-dealkylation sites (tertiary alicyclic amines) is 1. The van der Waals surface area contributed by atoms with E-state index in [1.807, 2.05) is 4.90 Å². The van der Waals surface area contributed by atoms with E-state index in [1.165, 1.54) is 11.2 Å². The van der Waals surface area contributed by atoms with Crippen LogP contribution in [0.2, 0.25) is 0 Å². The van der Waals surface area contributed by atoms with Crippen molar-refractivity contribution in [1.82, 2.24) is 9.80 Å². The van der Waals surface area contributed by atoms with Gasteiger partial charge in [-0.2, -0.15) is 0 Å². The van der Waals surface area contributed by atoms with Crippen molar-refractivity contribution in [3.63, 3.8) is 0 Å². The molecule has 1 aliphatic heterocycles. The van der Waals surface area contributed by atoms with E-state index in [2.05, 4.69) is 0 Å². The molecule has 1 saturated heterocycles. The van der Waals surface area contributed by atoms with Crippen molar-refractivity contribution in [2.24, 2.45) is 5.92 Å². The molecule has 0 atom stereocenters. The van der Waals surface area contributed by atoms with E-state index in [0.29, 0.717) is 5.92 Å². The predicted octanol–water partition coefficient (Wildman–Crippen LogP) is 1.63. The van der Waals surface area contributed by atoms with Gasteiger partial charge in [0, 0.05) is 33.9 Å². The lowest BCUT2D eigenvalue weighted by molar-refractivity contribution is -0.133. The Balaban J connectivity index is 1.77. The maximum absolute atomic E-state index is 12.3. The van der Waals surface area contributed by atoms with Gasteiger partial charge in [-0.05, 0) is 37.3 Å². The number of piperidine rings is 1. The summed E-state index contributed by atoms with van der Waals surface area (Å²) in [5, 5.41) is 0. The predicted molar refractivity (Wildman–Crippen MR) is 81.5 cm³/mol. The quantitative estimate of drug-likeness (QED) is 0.801. The highest BCUT2D eigenvalue weighted by Crippen LogP contribution is 2.20. The highest BCUT2D eigenvalue weighted by Gasteiger charge is 2.25. The van der Waals surface area contributed by atoms with Crippen LogP contribution in [0.3, 0.4) is 0 Å². The van der Waals surface area contributed by atoms with Crippen molar-refractivity contribution >= 4 is 11.8 Å². The van der Waals surface area contributed by atoms with E-state index in [0.717, 1.165) is 39.0 Å². The molecular formula is C16H24N2O4. The summed E-state index contributed by atoms with van der Waals surface area (Å²) in [4.78, 5) is 27.6. The number of nitrogens with zero attached hydrogens (tertiary/aromatic N) is 2. The highest BCUT2D eigenvalue weighted by molar-refractivity contribution is 5.94. The number of methoxy groups -OCH3 is 1. The summed E-state index contributed by atoms with van der Waals surface area (Å²) in [5.74, 6) is 0.612. The normalized spacial score (nSPS) is 15.8. The number of carbonyl (C=O) groups excluding carboxylic acids is 2. The molecule has 0 saturated carbocycles. The molecule has 2 rings (SSSR count). The van der Waals surface area contributed by atoms with Crippen LogP contribution in [0.5, 0.6) is 0 Å². The smallest absolute Gasteiger partial charge is 0.289 e. The minimum atomic E-state index is -0.270. The first-order valence-corrected chi connectivity index (χ1v) is 7.67. The van der Waals surface area contributed by atoms with Gasteiger partial charge in [0.05, 0.1) is 12.8 Å². The third-order valence-corrected chi connectivity index (χ3v) is 4.15. The maximum atomic E-state index is 12.3. The molecule has 2 heterocycles. The number of ether oxygens (including phenoxy) is 1. The largest absolute Gasteiger partial charge is 0.459 e. The van der Waals surface area contributed by atoms with Crippen LogP contribution in [0.25, 0.3) is 0 Å². The molecule has 2 amide bonds. The van der Waals surface area contributed by atoms with E-state index < -0.39 is 0 Å². The van der Waals surface area contributed by atoms with Crippen LogP contribution in [0, 0.1) is 5.92 Å². The van der Waals surface area contributed by atoms with Crippen molar-refractivity contribution in [3.05, 3.63) is 24.2 Å². The Labute approximate surface area is 131 Å². The Morgan fingerprint density at radius 3 is 2.73 bits per heavy atom. The summed E-state index contributed by atoms with van der Waals surface area (Å²) in [7, 11) is 3.33. The second kappa shape index (κ2) is 7.98. The lowest BCUT2D eigenvalue weighted by Crippen LogP contribution is -2.44. The molecule has 0 radical (unpaired) electrons. The first kappa shape index (κ1) is 16.5. The molecule has 0 N–H and O–H groups in total. The van der Waals surface area contributed by atoms with Gasteiger partial charge in [-0.25, -0.2) is 0 Å². The summed E-state index contributed by atoms with van der Waals surface area (Å²) in [6.07, 6.45) is 4.51. The molecular weight excluding hydrogens is 284 g/mol. The van der Waals surface area contributed by atoms with Crippen LogP contribution in [-0.2, 0) is 9.53 Å². The van der Waals surface area contributed by atoms with Gasteiger partial charge in [0.15, 0.2) is 5.76 Å². The van der Waals surface area contributed by atoms with Crippen molar-refractivity contribution in [2.45, 2.75) is 19.3 Å². The Morgan fingerprint density at radius 1 is 1.41 bits per heavy atom. The molecule has 0 bridgehead atoms. The van der Waals surface area contributed by atoms with Gasteiger partial charge in [0.25, 0.3) is 5.91 Å². The summed E-state index contributed by atoms with van der Waals surface area (Å²) >= 11 is 0. The molecule has 1 aliphatic rings. The number of hydrogen-bond donors (Lipinski definition) is 0. The minimum absolute atomic E-state index is 0.00685. The standard InChI is InChI=1S/C16H24N2O4/c1-17(16(20)14-4-3-10-22-14)12-15(19)18-8-5-13(6-9-18)7-11-21-2/h3-4,10,13H,5-9,11-12H2,1-2H3. The van der Waals surface area contributed by atoms with Gasteiger partial charge in [0.1, 0.15) is 0 Å². The fraction of sp³-hybridized carbons (Fsp3) is 0.625. The third kappa shape index (κ3) is 4.34. The molecule has 1 aromatic heterocycles. The maximum Gasteiger partial charge on any atom is 0.289 e. The molecule has 122 valence electrons. The summed E-state index contributed by atoms with van der Waals surface area (Å²) in [6.45, 7) is 2.38. The van der Waals surface area contributed by atoms with E-state index >= 15 is 0 Å². The van der Waals surface area contributed by atoms with Gasteiger partial charge in [-0.3, -0.25) is 9.59 Å². The number of rotatable bonds is 6. The molecule has 22 heavy (non-hydrogen) atoms. The monoisotopic (exact) mass is 308 g/mol. The Bertz CT molecular complexity index is 478. The zero-order chi connectivity index (χ0) is 15.9. The molecule has 1 fully saturated rings. The van der Waals surface area contributed by atoms with Crippen LogP contribution < -0.4 is 0 Å². The fourth-order valence-electron chi connectivity index (χ4n) is 2.72.